The van der Waals surface area contributed by atoms with E-state index in [2.05, 4.69) is 25.7 Å². The number of rotatable bonds is 0. The van der Waals surface area contributed by atoms with Crippen molar-refractivity contribution in [2.45, 2.75) is 64.2 Å². The highest BCUT2D eigenvalue weighted by Gasteiger charge is 2.59. The van der Waals surface area contributed by atoms with Crippen LogP contribution in [0.2, 0.25) is 0 Å². The fourth-order valence-corrected chi connectivity index (χ4v) is 4.29. The third-order valence-electron chi connectivity index (χ3n) is 4.91. The van der Waals surface area contributed by atoms with Gasteiger partial charge in [-0.3, -0.25) is 4.90 Å². The second kappa shape index (κ2) is 2.98. The van der Waals surface area contributed by atoms with Gasteiger partial charge in [0.25, 0.3) is 0 Å². The van der Waals surface area contributed by atoms with Crippen molar-refractivity contribution in [1.82, 2.24) is 4.90 Å². The lowest BCUT2D eigenvalue weighted by atomic mass is 9.67. The molecule has 2 heteroatoms. The summed E-state index contributed by atoms with van der Waals surface area (Å²) in [7, 11) is 0. The molecule has 3 rings (SSSR count). The van der Waals surface area contributed by atoms with E-state index in [1.54, 1.807) is 0 Å². The summed E-state index contributed by atoms with van der Waals surface area (Å²) in [5.74, 6) is 0. The van der Waals surface area contributed by atoms with Gasteiger partial charge < -0.3 is 4.74 Å². The van der Waals surface area contributed by atoms with Crippen molar-refractivity contribution >= 4 is 0 Å². The molecular formula is C13H23NO. The molecule has 2 nitrogen and oxygen atoms in total. The third-order valence-corrected chi connectivity index (χ3v) is 4.91. The van der Waals surface area contributed by atoms with Crippen LogP contribution in [-0.2, 0) is 4.74 Å². The Morgan fingerprint density at radius 1 is 1.27 bits per heavy atom. The van der Waals surface area contributed by atoms with Crippen LogP contribution in [0.25, 0.3) is 0 Å². The summed E-state index contributed by atoms with van der Waals surface area (Å²) in [6.07, 6.45) is 6.34. The molecule has 0 spiro atoms. The van der Waals surface area contributed by atoms with Crippen LogP contribution in [-0.4, -0.2) is 35.7 Å². The molecule has 15 heavy (non-hydrogen) atoms. The van der Waals surface area contributed by atoms with Crippen LogP contribution < -0.4 is 0 Å². The van der Waals surface area contributed by atoms with Gasteiger partial charge in [0.05, 0.1) is 17.7 Å². The first-order valence-corrected chi connectivity index (χ1v) is 6.44. The van der Waals surface area contributed by atoms with E-state index < -0.39 is 0 Å². The Morgan fingerprint density at radius 3 is 2.80 bits per heavy atom. The third kappa shape index (κ3) is 1.18. The molecule has 0 aromatic rings. The van der Waals surface area contributed by atoms with Gasteiger partial charge in [-0.05, 0) is 37.6 Å². The van der Waals surface area contributed by atoms with Crippen LogP contribution in [0.15, 0.2) is 0 Å². The zero-order chi connectivity index (χ0) is 10.7. The Balaban J connectivity index is 2.01. The molecule has 0 radical (unpaired) electrons. The van der Waals surface area contributed by atoms with Crippen LogP contribution in [0.5, 0.6) is 0 Å². The van der Waals surface area contributed by atoms with E-state index in [0.29, 0.717) is 23.2 Å². The standard InChI is InChI=1S/C13H23NO/c1-12(2,3)13-7-4-8-14(13)9-10-5-6-11(13)15-10/h10-11H,4-9H2,1-3H3. The molecule has 0 aliphatic carbocycles. The van der Waals surface area contributed by atoms with E-state index >= 15 is 0 Å². The van der Waals surface area contributed by atoms with Crippen molar-refractivity contribution in [2.75, 3.05) is 13.1 Å². The normalized spacial score (nSPS) is 45.8. The molecule has 0 aromatic heterocycles. The van der Waals surface area contributed by atoms with Crippen molar-refractivity contribution in [3.8, 4) is 0 Å². The average molecular weight is 209 g/mol. The predicted octanol–water partition coefficient (Wildman–Crippen LogP) is 2.43. The van der Waals surface area contributed by atoms with Crippen molar-refractivity contribution in [2.24, 2.45) is 5.41 Å². The van der Waals surface area contributed by atoms with Gasteiger partial charge in [-0.1, -0.05) is 20.8 Å². The Labute approximate surface area is 93.0 Å². The zero-order valence-electron chi connectivity index (χ0n) is 10.3. The highest BCUT2D eigenvalue weighted by atomic mass is 16.5. The maximum Gasteiger partial charge on any atom is 0.0769 e. The van der Waals surface area contributed by atoms with Gasteiger partial charge >= 0.3 is 0 Å². The Morgan fingerprint density at radius 2 is 2.07 bits per heavy atom. The number of hydrogen-bond acceptors (Lipinski definition) is 2. The molecule has 3 aliphatic rings. The van der Waals surface area contributed by atoms with Crippen LogP contribution in [0.3, 0.4) is 0 Å². The van der Waals surface area contributed by atoms with Gasteiger partial charge in [0.1, 0.15) is 0 Å². The number of morpholine rings is 1. The van der Waals surface area contributed by atoms with Crippen LogP contribution in [0, 0.1) is 5.41 Å². The van der Waals surface area contributed by atoms with Gasteiger partial charge in [0, 0.05) is 6.54 Å². The molecular weight excluding hydrogens is 186 g/mol. The summed E-state index contributed by atoms with van der Waals surface area (Å²) in [6.45, 7) is 9.68. The lowest BCUT2D eigenvalue weighted by Gasteiger charge is -2.54. The topological polar surface area (TPSA) is 12.5 Å². The maximum atomic E-state index is 6.20. The molecule has 3 fully saturated rings. The minimum Gasteiger partial charge on any atom is -0.372 e. The fourth-order valence-electron chi connectivity index (χ4n) is 4.29. The quantitative estimate of drug-likeness (QED) is 0.607. The zero-order valence-corrected chi connectivity index (χ0v) is 10.3. The number of ether oxygens (including phenoxy) is 1. The molecule has 3 unspecified atom stereocenters. The molecule has 3 heterocycles. The van der Waals surface area contributed by atoms with Crippen LogP contribution >= 0.6 is 0 Å². The summed E-state index contributed by atoms with van der Waals surface area (Å²) in [5, 5.41) is 0. The minimum absolute atomic E-state index is 0.347. The van der Waals surface area contributed by atoms with Crippen LogP contribution in [0.1, 0.15) is 46.5 Å². The Kier molecular flexibility index (Phi) is 2.01. The van der Waals surface area contributed by atoms with Gasteiger partial charge in [0.2, 0.25) is 0 Å². The molecule has 2 bridgehead atoms. The van der Waals surface area contributed by atoms with Gasteiger partial charge in [-0.25, -0.2) is 0 Å². The lowest BCUT2D eigenvalue weighted by molar-refractivity contribution is -0.153. The average Bonchev–Trinajstić information content (AvgIpc) is 2.71. The number of hydrogen-bond donors (Lipinski definition) is 0. The summed E-state index contributed by atoms with van der Waals surface area (Å²) in [4.78, 5) is 2.75. The molecule has 0 aromatic carbocycles. The van der Waals surface area contributed by atoms with Crippen LogP contribution in [0.4, 0.5) is 0 Å². The summed E-state index contributed by atoms with van der Waals surface area (Å²) in [6, 6.07) is 0. The van der Waals surface area contributed by atoms with Gasteiger partial charge in [-0.2, -0.15) is 0 Å². The SMILES string of the molecule is CC(C)(C)C12CCCN1CC1CCC2O1. The first kappa shape index (κ1) is 10.1. The first-order valence-electron chi connectivity index (χ1n) is 6.44. The summed E-state index contributed by atoms with van der Waals surface area (Å²) < 4.78 is 6.20. The molecule has 86 valence electrons. The van der Waals surface area contributed by atoms with E-state index in [1.165, 1.54) is 38.8 Å². The van der Waals surface area contributed by atoms with E-state index in [-0.39, 0.29) is 0 Å². The summed E-state index contributed by atoms with van der Waals surface area (Å²) in [5.41, 5.74) is 0.698. The van der Waals surface area contributed by atoms with E-state index in [0.717, 1.165) is 0 Å². The highest BCUT2D eigenvalue weighted by Crippen LogP contribution is 2.53. The van der Waals surface area contributed by atoms with E-state index in [4.69, 9.17) is 4.74 Å². The second-order valence-electron chi connectivity index (χ2n) is 6.55. The Hall–Kier alpha value is -0.0800. The molecule has 0 N–H and O–H groups in total. The monoisotopic (exact) mass is 209 g/mol. The smallest absolute Gasteiger partial charge is 0.0769 e. The minimum atomic E-state index is 0.347. The highest BCUT2D eigenvalue weighted by molar-refractivity contribution is 5.13. The molecule has 0 saturated carbocycles. The Bertz CT molecular complexity index is 266. The molecule has 3 aliphatic heterocycles. The van der Waals surface area contributed by atoms with Gasteiger partial charge in [-0.15, -0.1) is 0 Å². The van der Waals surface area contributed by atoms with Crippen molar-refractivity contribution < 1.29 is 4.74 Å². The molecule has 0 amide bonds. The maximum absolute atomic E-state index is 6.20. The second-order valence-corrected chi connectivity index (χ2v) is 6.55. The summed E-state index contributed by atoms with van der Waals surface area (Å²) >= 11 is 0. The molecule has 3 atom stereocenters. The fraction of sp³-hybridized carbons (Fsp3) is 1.00. The largest absolute Gasteiger partial charge is 0.372 e. The first-order chi connectivity index (χ1) is 7.04. The van der Waals surface area contributed by atoms with Crippen molar-refractivity contribution in [3.05, 3.63) is 0 Å². The van der Waals surface area contributed by atoms with Crippen molar-refractivity contribution in [3.63, 3.8) is 0 Å². The lowest BCUT2D eigenvalue weighted by Crippen LogP contribution is -2.64. The number of nitrogens with zero attached hydrogens (tertiary/aromatic N) is 1. The molecule has 3 saturated heterocycles. The van der Waals surface area contributed by atoms with E-state index in [1.807, 2.05) is 0 Å². The number of fused-ring (bicyclic) bond motifs is 4. The van der Waals surface area contributed by atoms with Gasteiger partial charge in [0.15, 0.2) is 0 Å². The van der Waals surface area contributed by atoms with Crippen molar-refractivity contribution in [1.29, 1.82) is 0 Å². The predicted molar refractivity (Wildman–Crippen MR) is 60.9 cm³/mol. The van der Waals surface area contributed by atoms with E-state index in [9.17, 15) is 0 Å².